The number of aryl methyl sites for hydroxylation is 1. The van der Waals surface area contributed by atoms with Gasteiger partial charge >= 0.3 is 0 Å². The van der Waals surface area contributed by atoms with E-state index in [1.807, 2.05) is 12.1 Å². The van der Waals surface area contributed by atoms with Crippen molar-refractivity contribution in [2.75, 3.05) is 0 Å². The van der Waals surface area contributed by atoms with Crippen LogP contribution in [0.2, 0.25) is 0 Å². The maximum atomic E-state index is 4.04. The van der Waals surface area contributed by atoms with E-state index in [0.717, 1.165) is 5.69 Å². The first-order valence-electron chi connectivity index (χ1n) is 3.53. The van der Waals surface area contributed by atoms with E-state index in [1.54, 1.807) is 19.3 Å². The molecular weight excluding hydrogens is 154 g/mol. The van der Waals surface area contributed by atoms with E-state index in [0.29, 0.717) is 5.82 Å². The fraction of sp³-hybridized carbons (Fsp3) is 0.143. The van der Waals surface area contributed by atoms with Gasteiger partial charge in [-0.3, -0.25) is 4.98 Å². The molecule has 0 aliphatic heterocycles. The highest BCUT2D eigenvalue weighted by atomic mass is 15.6. The fourth-order valence-electron chi connectivity index (χ4n) is 0.866. The Balaban J connectivity index is 2.45. The molecule has 2 rings (SSSR count). The Morgan fingerprint density at radius 2 is 2.33 bits per heavy atom. The molecule has 0 aromatic carbocycles. The molecule has 0 fully saturated rings. The van der Waals surface area contributed by atoms with Crippen molar-refractivity contribution >= 4 is 0 Å². The van der Waals surface area contributed by atoms with E-state index in [-0.39, 0.29) is 0 Å². The minimum atomic E-state index is 0.652. The zero-order valence-corrected chi connectivity index (χ0v) is 6.55. The first-order valence-corrected chi connectivity index (χ1v) is 3.53. The van der Waals surface area contributed by atoms with Crippen molar-refractivity contribution in [3.63, 3.8) is 0 Å². The third-order valence-corrected chi connectivity index (χ3v) is 1.39. The maximum absolute atomic E-state index is 4.04. The number of hydrogen-bond donors (Lipinski definition) is 0. The summed E-state index contributed by atoms with van der Waals surface area (Å²) in [5, 5.41) is 11.6. The standard InChI is InChI=1S/C7H7N5/c1-6-9-11-12(10-6)7-3-2-4-8-5-7/h2-5H,1H3. The highest BCUT2D eigenvalue weighted by Crippen LogP contribution is 1.99. The van der Waals surface area contributed by atoms with Crippen LogP contribution < -0.4 is 0 Å². The van der Waals surface area contributed by atoms with Gasteiger partial charge in [0.25, 0.3) is 0 Å². The van der Waals surface area contributed by atoms with Crippen LogP contribution in [0.4, 0.5) is 0 Å². The Bertz CT molecular complexity index is 366. The second-order valence-corrected chi connectivity index (χ2v) is 2.34. The summed E-state index contributed by atoms with van der Waals surface area (Å²) in [7, 11) is 0. The molecule has 0 unspecified atom stereocenters. The lowest BCUT2D eigenvalue weighted by molar-refractivity contribution is 0.716. The van der Waals surface area contributed by atoms with Gasteiger partial charge in [-0.15, -0.1) is 15.0 Å². The van der Waals surface area contributed by atoms with Crippen LogP contribution in [0.3, 0.4) is 0 Å². The highest BCUT2D eigenvalue weighted by molar-refractivity contribution is 5.23. The number of hydrogen-bond acceptors (Lipinski definition) is 4. The second kappa shape index (κ2) is 2.69. The lowest BCUT2D eigenvalue weighted by atomic mass is 10.4. The van der Waals surface area contributed by atoms with Crippen LogP contribution in [0, 0.1) is 6.92 Å². The molecule has 0 saturated heterocycles. The minimum Gasteiger partial charge on any atom is -0.262 e. The van der Waals surface area contributed by atoms with Crippen LogP contribution >= 0.6 is 0 Å². The van der Waals surface area contributed by atoms with Crippen LogP contribution in [-0.4, -0.2) is 25.2 Å². The van der Waals surface area contributed by atoms with E-state index >= 15 is 0 Å². The average Bonchev–Trinajstić information content (AvgIpc) is 2.54. The molecule has 0 radical (unpaired) electrons. The van der Waals surface area contributed by atoms with Gasteiger partial charge in [-0.1, -0.05) is 0 Å². The molecule has 0 spiro atoms. The molecule has 0 atom stereocenters. The van der Waals surface area contributed by atoms with Crippen molar-refractivity contribution in [2.45, 2.75) is 6.92 Å². The summed E-state index contributed by atoms with van der Waals surface area (Å²) in [6.45, 7) is 1.79. The van der Waals surface area contributed by atoms with Crippen molar-refractivity contribution < 1.29 is 0 Å². The molecule has 5 nitrogen and oxygen atoms in total. The summed E-state index contributed by atoms with van der Waals surface area (Å²) in [6.07, 6.45) is 3.38. The summed E-state index contributed by atoms with van der Waals surface area (Å²) >= 11 is 0. The van der Waals surface area contributed by atoms with Crippen LogP contribution in [0.25, 0.3) is 5.69 Å². The van der Waals surface area contributed by atoms with Gasteiger partial charge in [0.05, 0.1) is 6.20 Å². The van der Waals surface area contributed by atoms with Crippen molar-refractivity contribution in [1.82, 2.24) is 25.2 Å². The minimum absolute atomic E-state index is 0.652. The summed E-state index contributed by atoms with van der Waals surface area (Å²) in [5.41, 5.74) is 0.818. The van der Waals surface area contributed by atoms with Crippen LogP contribution in [0.1, 0.15) is 5.82 Å². The SMILES string of the molecule is Cc1nnn(-c2cccnc2)n1. The highest BCUT2D eigenvalue weighted by Gasteiger charge is 1.98. The molecule has 0 amide bonds. The van der Waals surface area contributed by atoms with Gasteiger partial charge in [-0.25, -0.2) is 0 Å². The average molecular weight is 161 g/mol. The largest absolute Gasteiger partial charge is 0.262 e. The number of rotatable bonds is 1. The fourth-order valence-corrected chi connectivity index (χ4v) is 0.866. The van der Waals surface area contributed by atoms with Gasteiger partial charge in [0.15, 0.2) is 5.82 Å². The molecule has 2 aromatic heterocycles. The van der Waals surface area contributed by atoms with Crippen LogP contribution in [-0.2, 0) is 0 Å². The third-order valence-electron chi connectivity index (χ3n) is 1.39. The first kappa shape index (κ1) is 6.90. The summed E-state index contributed by atoms with van der Waals surface area (Å²) < 4.78 is 0. The first-order chi connectivity index (χ1) is 5.86. The Morgan fingerprint density at radius 3 is 2.92 bits per heavy atom. The molecule has 0 saturated carbocycles. The van der Waals surface area contributed by atoms with E-state index < -0.39 is 0 Å². The number of aromatic nitrogens is 5. The summed E-state index contributed by atoms with van der Waals surface area (Å²) in [4.78, 5) is 5.39. The van der Waals surface area contributed by atoms with E-state index in [1.165, 1.54) is 4.80 Å². The Kier molecular flexibility index (Phi) is 1.55. The van der Waals surface area contributed by atoms with Crippen molar-refractivity contribution in [3.05, 3.63) is 30.4 Å². The molecule has 0 N–H and O–H groups in total. The monoisotopic (exact) mass is 161 g/mol. The Hall–Kier alpha value is -1.78. The predicted molar refractivity (Wildman–Crippen MR) is 41.7 cm³/mol. The van der Waals surface area contributed by atoms with Gasteiger partial charge < -0.3 is 0 Å². The molecule has 60 valence electrons. The lowest BCUT2D eigenvalue weighted by Crippen LogP contribution is -1.98. The molecule has 0 bridgehead atoms. The molecule has 5 heteroatoms. The normalized spacial score (nSPS) is 10.1. The Labute approximate surface area is 69.1 Å². The van der Waals surface area contributed by atoms with Gasteiger partial charge in [-0.2, -0.15) is 0 Å². The molecule has 2 heterocycles. The predicted octanol–water partition coefficient (Wildman–Crippen LogP) is 0.366. The van der Waals surface area contributed by atoms with Crippen LogP contribution in [0.15, 0.2) is 24.5 Å². The van der Waals surface area contributed by atoms with Crippen molar-refractivity contribution in [2.24, 2.45) is 0 Å². The quantitative estimate of drug-likeness (QED) is 0.606. The maximum Gasteiger partial charge on any atom is 0.172 e. The third kappa shape index (κ3) is 1.16. The van der Waals surface area contributed by atoms with E-state index in [9.17, 15) is 0 Å². The second-order valence-electron chi connectivity index (χ2n) is 2.34. The van der Waals surface area contributed by atoms with Crippen LogP contribution in [0.5, 0.6) is 0 Å². The van der Waals surface area contributed by atoms with E-state index in [4.69, 9.17) is 0 Å². The zero-order chi connectivity index (χ0) is 8.39. The number of tetrazole rings is 1. The van der Waals surface area contributed by atoms with Gasteiger partial charge in [0, 0.05) is 6.20 Å². The molecular formula is C7H7N5. The molecule has 0 aliphatic carbocycles. The van der Waals surface area contributed by atoms with Gasteiger partial charge in [-0.05, 0) is 24.3 Å². The summed E-state index contributed by atoms with van der Waals surface area (Å²) in [5.74, 6) is 0.652. The summed E-state index contributed by atoms with van der Waals surface area (Å²) in [6, 6.07) is 3.70. The Morgan fingerprint density at radius 1 is 1.42 bits per heavy atom. The van der Waals surface area contributed by atoms with Gasteiger partial charge in [0.2, 0.25) is 0 Å². The number of nitrogens with zero attached hydrogens (tertiary/aromatic N) is 5. The topological polar surface area (TPSA) is 56.5 Å². The van der Waals surface area contributed by atoms with Gasteiger partial charge in [0.1, 0.15) is 5.69 Å². The number of pyridine rings is 1. The smallest absolute Gasteiger partial charge is 0.172 e. The van der Waals surface area contributed by atoms with Crippen molar-refractivity contribution in [3.8, 4) is 5.69 Å². The van der Waals surface area contributed by atoms with E-state index in [2.05, 4.69) is 20.4 Å². The molecule has 2 aromatic rings. The zero-order valence-electron chi connectivity index (χ0n) is 6.55. The van der Waals surface area contributed by atoms with Crippen molar-refractivity contribution in [1.29, 1.82) is 0 Å². The lowest BCUT2D eigenvalue weighted by Gasteiger charge is -1.93. The molecule has 0 aliphatic rings. The molecule has 12 heavy (non-hydrogen) atoms.